The monoisotopic (exact) mass is 384 g/mol. The van der Waals surface area contributed by atoms with Crippen molar-refractivity contribution in [3.05, 3.63) is 53.3 Å². The molecule has 0 bridgehead atoms. The van der Waals surface area contributed by atoms with Crippen LogP contribution in [0, 0.1) is 5.92 Å². The highest BCUT2D eigenvalue weighted by Gasteiger charge is 2.38. The molecular formula is C21H21ClN2O3. The molecule has 140 valence electrons. The maximum absolute atomic E-state index is 12.5. The normalized spacial score (nSPS) is 21.7. The van der Waals surface area contributed by atoms with Crippen LogP contribution in [-0.2, 0) is 16.0 Å². The molecule has 4 rings (SSSR count). The van der Waals surface area contributed by atoms with Gasteiger partial charge in [0.2, 0.25) is 0 Å². The maximum atomic E-state index is 12.5. The van der Waals surface area contributed by atoms with Crippen molar-refractivity contribution in [2.24, 2.45) is 5.92 Å². The molecule has 1 aromatic carbocycles. The fourth-order valence-electron chi connectivity index (χ4n) is 3.93. The number of pyridine rings is 1. The summed E-state index contributed by atoms with van der Waals surface area (Å²) in [6.07, 6.45) is 4.16. The minimum absolute atomic E-state index is 0.138. The minimum Gasteiger partial charge on any atom is -0.447 e. The lowest BCUT2D eigenvalue weighted by molar-refractivity contribution is -0.119. The first-order chi connectivity index (χ1) is 13.1. The van der Waals surface area contributed by atoms with Crippen molar-refractivity contribution in [1.82, 2.24) is 9.88 Å². The number of benzene rings is 1. The number of cyclic esters (lactones) is 1. The van der Waals surface area contributed by atoms with Crippen LogP contribution >= 0.6 is 11.6 Å². The standard InChI is InChI=1S/C21H21ClN2O3/c22-17-3-1-2-15(10-17)16-4-5-18(23-12-16)11-20(25)9-14-6-7-24-19(8-14)13-27-21(24)26/h1-5,10,12,14,19H,6-9,11,13H2. The van der Waals surface area contributed by atoms with E-state index in [1.165, 1.54) is 0 Å². The van der Waals surface area contributed by atoms with Crippen molar-refractivity contribution < 1.29 is 14.3 Å². The van der Waals surface area contributed by atoms with Crippen LogP contribution in [0.25, 0.3) is 11.1 Å². The number of ether oxygens (including phenoxy) is 1. The van der Waals surface area contributed by atoms with Gasteiger partial charge in [0.1, 0.15) is 12.4 Å². The summed E-state index contributed by atoms with van der Waals surface area (Å²) in [6.45, 7) is 1.14. The Morgan fingerprint density at radius 3 is 2.93 bits per heavy atom. The quantitative estimate of drug-likeness (QED) is 0.777. The highest BCUT2D eigenvalue weighted by Crippen LogP contribution is 2.30. The number of ketones is 1. The average molecular weight is 385 g/mol. The molecule has 2 unspecified atom stereocenters. The fraction of sp³-hybridized carbons (Fsp3) is 0.381. The minimum atomic E-state index is -0.214. The number of aromatic nitrogens is 1. The second-order valence-electron chi connectivity index (χ2n) is 7.28. The summed E-state index contributed by atoms with van der Waals surface area (Å²) in [5, 5.41) is 0.687. The number of amides is 1. The Morgan fingerprint density at radius 2 is 2.15 bits per heavy atom. The average Bonchev–Trinajstić information content (AvgIpc) is 3.02. The van der Waals surface area contributed by atoms with Gasteiger partial charge in [0, 0.05) is 41.9 Å². The van der Waals surface area contributed by atoms with E-state index in [1.807, 2.05) is 36.4 Å². The predicted octanol–water partition coefficient (Wildman–Crippen LogP) is 4.13. The van der Waals surface area contributed by atoms with Crippen LogP contribution < -0.4 is 0 Å². The second kappa shape index (κ2) is 7.69. The first-order valence-electron chi connectivity index (χ1n) is 9.24. The molecular weight excluding hydrogens is 364 g/mol. The SMILES string of the molecule is O=C(Cc1ccc(-c2cccc(Cl)c2)cn1)CC1CCN2C(=O)OCC2C1. The summed E-state index contributed by atoms with van der Waals surface area (Å²) in [5.74, 6) is 0.515. The van der Waals surface area contributed by atoms with Gasteiger partial charge in [-0.15, -0.1) is 0 Å². The van der Waals surface area contributed by atoms with Gasteiger partial charge >= 0.3 is 6.09 Å². The van der Waals surface area contributed by atoms with Gasteiger partial charge in [-0.05, 0) is 42.5 Å². The van der Waals surface area contributed by atoms with Crippen molar-refractivity contribution in [3.8, 4) is 11.1 Å². The van der Waals surface area contributed by atoms with Crippen molar-refractivity contribution in [1.29, 1.82) is 0 Å². The van der Waals surface area contributed by atoms with Crippen LogP contribution in [0.1, 0.15) is 25.0 Å². The first-order valence-corrected chi connectivity index (χ1v) is 9.62. The number of carbonyl (C=O) groups excluding carboxylic acids is 2. The lowest BCUT2D eigenvalue weighted by Gasteiger charge is -2.32. The molecule has 0 aliphatic carbocycles. The molecule has 2 fully saturated rings. The third-order valence-corrected chi connectivity index (χ3v) is 5.57. The molecule has 1 aromatic heterocycles. The van der Waals surface area contributed by atoms with Gasteiger partial charge in [-0.3, -0.25) is 9.78 Å². The van der Waals surface area contributed by atoms with Crippen molar-refractivity contribution in [2.75, 3.05) is 13.2 Å². The molecule has 2 saturated heterocycles. The summed E-state index contributed by atoms with van der Waals surface area (Å²) < 4.78 is 5.09. The van der Waals surface area contributed by atoms with Crippen molar-refractivity contribution in [3.63, 3.8) is 0 Å². The van der Waals surface area contributed by atoms with Gasteiger partial charge in [0.05, 0.1) is 6.04 Å². The Bertz CT molecular complexity index is 853. The summed E-state index contributed by atoms with van der Waals surface area (Å²) >= 11 is 6.03. The Hall–Kier alpha value is -2.40. The number of halogens is 1. The lowest BCUT2D eigenvalue weighted by atomic mass is 9.87. The van der Waals surface area contributed by atoms with Gasteiger partial charge in [0.25, 0.3) is 0 Å². The Balaban J connectivity index is 1.33. The second-order valence-corrected chi connectivity index (χ2v) is 7.72. The molecule has 6 heteroatoms. The zero-order valence-corrected chi connectivity index (χ0v) is 15.7. The maximum Gasteiger partial charge on any atom is 0.410 e. The summed E-state index contributed by atoms with van der Waals surface area (Å²) in [7, 11) is 0. The van der Waals surface area contributed by atoms with Gasteiger partial charge in [0.15, 0.2) is 0 Å². The van der Waals surface area contributed by atoms with E-state index in [1.54, 1.807) is 11.1 Å². The number of piperidine rings is 1. The first kappa shape index (κ1) is 18.0. The Morgan fingerprint density at radius 1 is 1.26 bits per heavy atom. The Kier molecular flexibility index (Phi) is 5.12. The van der Waals surface area contributed by atoms with Crippen LogP contribution in [-0.4, -0.2) is 41.0 Å². The summed E-state index contributed by atoms with van der Waals surface area (Å²) in [6, 6.07) is 11.6. The molecule has 0 saturated carbocycles. The smallest absolute Gasteiger partial charge is 0.410 e. The van der Waals surface area contributed by atoms with Crippen molar-refractivity contribution >= 4 is 23.5 Å². The van der Waals surface area contributed by atoms with E-state index in [4.69, 9.17) is 16.3 Å². The molecule has 1 amide bonds. The van der Waals surface area contributed by atoms with Crippen LogP contribution in [0.5, 0.6) is 0 Å². The van der Waals surface area contributed by atoms with Gasteiger partial charge in [-0.2, -0.15) is 0 Å². The number of carbonyl (C=O) groups is 2. The van der Waals surface area contributed by atoms with Crippen molar-refractivity contribution in [2.45, 2.75) is 31.7 Å². The molecule has 3 heterocycles. The van der Waals surface area contributed by atoms with E-state index in [-0.39, 0.29) is 17.9 Å². The van der Waals surface area contributed by atoms with Gasteiger partial charge in [-0.25, -0.2) is 4.79 Å². The number of hydrogen-bond donors (Lipinski definition) is 0. The highest BCUT2D eigenvalue weighted by molar-refractivity contribution is 6.30. The van der Waals surface area contributed by atoms with Crippen LogP contribution in [0.4, 0.5) is 4.79 Å². The third-order valence-electron chi connectivity index (χ3n) is 5.34. The van der Waals surface area contributed by atoms with Gasteiger partial charge in [-0.1, -0.05) is 29.8 Å². The molecule has 2 aliphatic heterocycles. The van der Waals surface area contributed by atoms with E-state index in [0.717, 1.165) is 29.7 Å². The third kappa shape index (κ3) is 4.14. The molecule has 0 N–H and O–H groups in total. The molecule has 2 atom stereocenters. The number of hydrogen-bond acceptors (Lipinski definition) is 4. The van der Waals surface area contributed by atoms with Gasteiger partial charge < -0.3 is 9.64 Å². The molecule has 27 heavy (non-hydrogen) atoms. The van der Waals surface area contributed by atoms with E-state index in [9.17, 15) is 9.59 Å². The molecule has 2 aromatic rings. The zero-order chi connectivity index (χ0) is 18.8. The molecule has 5 nitrogen and oxygen atoms in total. The summed E-state index contributed by atoms with van der Waals surface area (Å²) in [5.41, 5.74) is 2.77. The number of nitrogens with zero attached hydrogens (tertiary/aromatic N) is 2. The van der Waals surface area contributed by atoms with E-state index >= 15 is 0 Å². The topological polar surface area (TPSA) is 59.5 Å². The number of Topliss-reactive ketones (excluding diaryl/α,β-unsaturated/α-hetero) is 1. The van der Waals surface area contributed by atoms with Crippen LogP contribution in [0.2, 0.25) is 5.02 Å². The lowest BCUT2D eigenvalue weighted by Crippen LogP contribution is -2.41. The largest absolute Gasteiger partial charge is 0.447 e. The molecule has 2 aliphatic rings. The zero-order valence-electron chi connectivity index (χ0n) is 14.9. The van der Waals surface area contributed by atoms with E-state index < -0.39 is 0 Å². The number of fused-ring (bicyclic) bond motifs is 1. The van der Waals surface area contributed by atoms with Crippen LogP contribution in [0.3, 0.4) is 0 Å². The van der Waals surface area contributed by atoms with E-state index in [2.05, 4.69) is 4.98 Å². The molecule has 0 radical (unpaired) electrons. The van der Waals surface area contributed by atoms with E-state index in [0.29, 0.717) is 36.9 Å². The summed E-state index contributed by atoms with van der Waals surface area (Å²) in [4.78, 5) is 30.2. The van der Waals surface area contributed by atoms with Crippen LogP contribution in [0.15, 0.2) is 42.6 Å². The predicted molar refractivity (Wildman–Crippen MR) is 103 cm³/mol. The molecule has 0 spiro atoms. The highest BCUT2D eigenvalue weighted by atomic mass is 35.5. The fourth-order valence-corrected chi connectivity index (χ4v) is 4.12. The Labute approximate surface area is 163 Å². The number of rotatable bonds is 5.